The minimum absolute atomic E-state index is 0.173. The first-order valence-corrected chi connectivity index (χ1v) is 6.92. The highest BCUT2D eigenvalue weighted by Gasteiger charge is 2.17. The van der Waals surface area contributed by atoms with Crippen LogP contribution in [-0.2, 0) is 16.6 Å². The van der Waals surface area contributed by atoms with Gasteiger partial charge in [0.25, 0.3) is 10.0 Å². The Kier molecular flexibility index (Phi) is 3.32. The molecule has 1 aliphatic carbocycles. The predicted molar refractivity (Wildman–Crippen MR) is 59.1 cm³/mol. The van der Waals surface area contributed by atoms with Crippen LogP contribution in [0.4, 0.5) is 0 Å². The number of hydrogen-bond acceptors (Lipinski definition) is 4. The van der Waals surface area contributed by atoms with Crippen molar-refractivity contribution in [3.05, 3.63) is 17.9 Å². The van der Waals surface area contributed by atoms with E-state index in [1.165, 1.54) is 25.3 Å². The van der Waals surface area contributed by atoms with E-state index in [-0.39, 0.29) is 5.09 Å². The molecule has 0 unspecified atom stereocenters. The van der Waals surface area contributed by atoms with E-state index in [2.05, 4.69) is 5.32 Å². The first-order chi connectivity index (χ1) is 7.55. The molecule has 1 aliphatic rings. The van der Waals surface area contributed by atoms with Gasteiger partial charge < -0.3 is 9.73 Å². The molecule has 0 aliphatic heterocycles. The van der Waals surface area contributed by atoms with Gasteiger partial charge in [0.05, 0.1) is 6.54 Å². The van der Waals surface area contributed by atoms with Crippen molar-refractivity contribution in [2.24, 2.45) is 11.1 Å². The van der Waals surface area contributed by atoms with Crippen LogP contribution < -0.4 is 10.5 Å². The molecule has 90 valence electrons. The lowest BCUT2D eigenvalue weighted by Gasteiger charge is -2.25. The van der Waals surface area contributed by atoms with Crippen LogP contribution in [0.15, 0.2) is 21.6 Å². The number of primary sulfonamides is 1. The number of nitrogens with one attached hydrogen (secondary N) is 1. The molecule has 1 saturated carbocycles. The van der Waals surface area contributed by atoms with E-state index in [1.54, 1.807) is 6.07 Å². The lowest BCUT2D eigenvalue weighted by molar-refractivity contribution is 0.295. The Morgan fingerprint density at radius 2 is 2.19 bits per heavy atom. The van der Waals surface area contributed by atoms with E-state index < -0.39 is 10.0 Å². The minimum Gasteiger partial charge on any atom is -0.447 e. The summed E-state index contributed by atoms with van der Waals surface area (Å²) >= 11 is 0. The third-order valence-corrected chi connectivity index (χ3v) is 3.65. The molecule has 1 heterocycles. The lowest BCUT2D eigenvalue weighted by Crippen LogP contribution is -2.26. The molecule has 0 radical (unpaired) electrons. The predicted octanol–water partition coefficient (Wildman–Crippen LogP) is 0.817. The minimum atomic E-state index is -3.71. The van der Waals surface area contributed by atoms with Crippen molar-refractivity contribution in [1.29, 1.82) is 0 Å². The average molecular weight is 244 g/mol. The molecule has 1 aromatic rings. The number of hydrogen-bond donors (Lipinski definition) is 2. The number of rotatable bonds is 5. The van der Waals surface area contributed by atoms with Gasteiger partial charge in [0.2, 0.25) is 5.09 Å². The molecule has 1 aromatic heterocycles. The molecule has 0 aromatic carbocycles. The van der Waals surface area contributed by atoms with Gasteiger partial charge in [-0.3, -0.25) is 0 Å². The molecule has 0 bridgehead atoms. The van der Waals surface area contributed by atoms with E-state index in [9.17, 15) is 8.42 Å². The maximum absolute atomic E-state index is 10.9. The Balaban J connectivity index is 1.83. The zero-order chi connectivity index (χ0) is 11.6. The third-order valence-electron chi connectivity index (χ3n) is 2.87. The number of furan rings is 1. The van der Waals surface area contributed by atoms with E-state index in [1.807, 2.05) is 0 Å². The highest BCUT2D eigenvalue weighted by Crippen LogP contribution is 2.25. The Labute approximate surface area is 95.1 Å². The first kappa shape index (κ1) is 11.6. The second-order valence-electron chi connectivity index (χ2n) is 4.19. The van der Waals surface area contributed by atoms with Crippen LogP contribution in [0.3, 0.4) is 0 Å². The lowest BCUT2D eigenvalue weighted by atomic mass is 9.85. The van der Waals surface area contributed by atoms with Crippen LogP contribution in [0, 0.1) is 5.92 Å². The standard InChI is InChI=1S/C10H16N2O3S/c11-16(13,14)10-5-4-9(15-10)7-12-6-8-2-1-3-8/h4-5,8,12H,1-3,6-7H2,(H2,11,13,14). The normalized spacial score (nSPS) is 17.3. The summed E-state index contributed by atoms with van der Waals surface area (Å²) in [5.74, 6) is 1.37. The van der Waals surface area contributed by atoms with Crippen LogP contribution >= 0.6 is 0 Å². The van der Waals surface area contributed by atoms with Gasteiger partial charge in [-0.2, -0.15) is 0 Å². The molecule has 6 heteroatoms. The second-order valence-corrected chi connectivity index (χ2v) is 5.69. The van der Waals surface area contributed by atoms with Gasteiger partial charge in [-0.05, 0) is 37.4 Å². The van der Waals surface area contributed by atoms with Crippen LogP contribution in [0.5, 0.6) is 0 Å². The Bertz CT molecular complexity index is 448. The van der Waals surface area contributed by atoms with Crippen molar-refractivity contribution in [3.8, 4) is 0 Å². The molecule has 0 saturated heterocycles. The molecular formula is C10H16N2O3S. The molecule has 0 spiro atoms. The van der Waals surface area contributed by atoms with Crippen molar-refractivity contribution in [2.45, 2.75) is 30.9 Å². The van der Waals surface area contributed by atoms with E-state index in [4.69, 9.17) is 9.56 Å². The number of sulfonamides is 1. The fourth-order valence-electron chi connectivity index (χ4n) is 1.70. The van der Waals surface area contributed by atoms with Gasteiger partial charge in [0, 0.05) is 0 Å². The summed E-state index contributed by atoms with van der Waals surface area (Å²) in [5.41, 5.74) is 0. The van der Waals surface area contributed by atoms with Crippen LogP contribution in [0.2, 0.25) is 0 Å². The number of nitrogens with two attached hydrogens (primary N) is 1. The maximum Gasteiger partial charge on any atom is 0.271 e. The van der Waals surface area contributed by atoms with E-state index in [0.717, 1.165) is 12.5 Å². The monoisotopic (exact) mass is 244 g/mol. The summed E-state index contributed by atoms with van der Waals surface area (Å²) in [4.78, 5) is 0. The third kappa shape index (κ3) is 2.84. The molecule has 3 N–H and O–H groups in total. The molecular weight excluding hydrogens is 228 g/mol. The summed E-state index contributed by atoms with van der Waals surface area (Å²) in [6, 6.07) is 3.02. The van der Waals surface area contributed by atoms with Gasteiger partial charge in [0.15, 0.2) is 0 Å². The fourth-order valence-corrected chi connectivity index (χ4v) is 2.18. The average Bonchev–Trinajstić information content (AvgIpc) is 2.56. The van der Waals surface area contributed by atoms with Crippen molar-refractivity contribution >= 4 is 10.0 Å². The van der Waals surface area contributed by atoms with Crippen LogP contribution in [0.1, 0.15) is 25.0 Å². The molecule has 2 rings (SSSR count). The Morgan fingerprint density at radius 1 is 1.44 bits per heavy atom. The summed E-state index contributed by atoms with van der Waals surface area (Å²) in [6.45, 7) is 1.51. The molecule has 0 amide bonds. The molecule has 16 heavy (non-hydrogen) atoms. The summed E-state index contributed by atoms with van der Waals surface area (Å²) in [7, 11) is -3.71. The van der Waals surface area contributed by atoms with Crippen LogP contribution in [-0.4, -0.2) is 15.0 Å². The summed E-state index contributed by atoms with van der Waals surface area (Å²) in [5, 5.41) is 8.00. The Morgan fingerprint density at radius 3 is 2.69 bits per heavy atom. The Hall–Kier alpha value is -0.850. The summed E-state index contributed by atoms with van der Waals surface area (Å²) in [6.07, 6.45) is 3.89. The second kappa shape index (κ2) is 4.57. The van der Waals surface area contributed by atoms with Crippen LogP contribution in [0.25, 0.3) is 0 Å². The SMILES string of the molecule is NS(=O)(=O)c1ccc(CNCC2CCC2)o1. The molecule has 1 fully saturated rings. The van der Waals surface area contributed by atoms with Gasteiger partial charge in [-0.25, -0.2) is 13.6 Å². The van der Waals surface area contributed by atoms with Crippen molar-refractivity contribution < 1.29 is 12.8 Å². The first-order valence-electron chi connectivity index (χ1n) is 5.38. The summed E-state index contributed by atoms with van der Waals surface area (Å²) < 4.78 is 27.0. The topological polar surface area (TPSA) is 85.3 Å². The zero-order valence-electron chi connectivity index (χ0n) is 8.98. The van der Waals surface area contributed by atoms with Crippen molar-refractivity contribution in [2.75, 3.05) is 6.54 Å². The smallest absolute Gasteiger partial charge is 0.271 e. The highest BCUT2D eigenvalue weighted by atomic mass is 32.2. The van der Waals surface area contributed by atoms with E-state index in [0.29, 0.717) is 12.3 Å². The van der Waals surface area contributed by atoms with Gasteiger partial charge in [-0.15, -0.1) is 0 Å². The molecule has 0 atom stereocenters. The van der Waals surface area contributed by atoms with Crippen molar-refractivity contribution in [1.82, 2.24) is 5.32 Å². The van der Waals surface area contributed by atoms with E-state index >= 15 is 0 Å². The quantitative estimate of drug-likeness (QED) is 0.803. The van der Waals surface area contributed by atoms with Gasteiger partial charge >= 0.3 is 0 Å². The fraction of sp³-hybridized carbons (Fsp3) is 0.600. The van der Waals surface area contributed by atoms with Crippen molar-refractivity contribution in [3.63, 3.8) is 0 Å². The zero-order valence-corrected chi connectivity index (χ0v) is 9.79. The van der Waals surface area contributed by atoms with Gasteiger partial charge in [0.1, 0.15) is 5.76 Å². The molecule has 5 nitrogen and oxygen atoms in total. The van der Waals surface area contributed by atoms with Gasteiger partial charge in [-0.1, -0.05) is 6.42 Å². The largest absolute Gasteiger partial charge is 0.447 e. The highest BCUT2D eigenvalue weighted by molar-refractivity contribution is 7.89. The maximum atomic E-state index is 10.9.